The molecule has 1 unspecified atom stereocenters. The summed E-state index contributed by atoms with van der Waals surface area (Å²) < 4.78 is 0. The highest BCUT2D eigenvalue weighted by atomic mass is 32.2. The summed E-state index contributed by atoms with van der Waals surface area (Å²) in [5, 5.41) is 9.94. The average molecular weight is 304 g/mol. The molecule has 1 amide bonds. The van der Waals surface area contributed by atoms with Crippen LogP contribution in [0.3, 0.4) is 0 Å². The Morgan fingerprint density at radius 1 is 1.48 bits per heavy atom. The molecule has 1 aromatic heterocycles. The van der Waals surface area contributed by atoms with Gasteiger partial charge in [0, 0.05) is 17.2 Å². The molecular weight excluding hydrogens is 284 g/mol. The van der Waals surface area contributed by atoms with Gasteiger partial charge in [-0.1, -0.05) is 12.1 Å². The number of carbonyl (C=O) groups excluding carboxylic acids is 1. The lowest BCUT2D eigenvalue weighted by Gasteiger charge is -2.13. The molecule has 112 valence electrons. The van der Waals surface area contributed by atoms with E-state index < -0.39 is 0 Å². The fraction of sp³-hybridized carbons (Fsp3) is 0.400. The van der Waals surface area contributed by atoms with Crippen molar-refractivity contribution in [2.45, 2.75) is 26.3 Å². The molecule has 0 saturated carbocycles. The highest BCUT2D eigenvalue weighted by Crippen LogP contribution is 2.16. The zero-order valence-corrected chi connectivity index (χ0v) is 13.3. The third kappa shape index (κ3) is 4.32. The van der Waals surface area contributed by atoms with Crippen LogP contribution >= 0.6 is 11.8 Å². The van der Waals surface area contributed by atoms with Crippen LogP contribution in [0.1, 0.15) is 29.5 Å². The summed E-state index contributed by atoms with van der Waals surface area (Å²) in [5.74, 6) is 2.35. The van der Waals surface area contributed by atoms with Crippen LogP contribution in [0.4, 0.5) is 0 Å². The number of hydrogen-bond donors (Lipinski definition) is 2. The number of carbonyl (C=O) groups is 1. The molecule has 6 heteroatoms. The molecule has 1 heterocycles. The molecule has 1 aromatic carbocycles. The number of thioether (sulfide) groups is 1. The third-order valence-corrected chi connectivity index (χ3v) is 3.76. The molecular formula is C15H20N4OS. The van der Waals surface area contributed by atoms with E-state index in [-0.39, 0.29) is 11.9 Å². The summed E-state index contributed by atoms with van der Waals surface area (Å²) >= 11 is 1.78. The van der Waals surface area contributed by atoms with Gasteiger partial charge in [0.25, 0.3) is 5.91 Å². The largest absolute Gasteiger partial charge is 0.350 e. The maximum atomic E-state index is 12.2. The van der Waals surface area contributed by atoms with Gasteiger partial charge in [0.1, 0.15) is 5.82 Å². The number of nitrogens with one attached hydrogen (secondary N) is 2. The molecule has 0 aliphatic rings. The predicted octanol–water partition coefficient (Wildman–Crippen LogP) is 2.65. The van der Waals surface area contributed by atoms with Crippen LogP contribution in [0.2, 0.25) is 0 Å². The van der Waals surface area contributed by atoms with Crippen molar-refractivity contribution in [1.29, 1.82) is 0 Å². The lowest BCUT2D eigenvalue weighted by Crippen LogP contribution is -2.32. The Bertz CT molecular complexity index is 611. The SMILES string of the molecule is CSCCC(C)NC(=O)c1cccc(-c2n[nH]c(C)n2)c1. The fourth-order valence-electron chi connectivity index (χ4n) is 1.95. The normalized spacial score (nSPS) is 12.1. The Morgan fingerprint density at radius 2 is 2.29 bits per heavy atom. The first-order valence-corrected chi connectivity index (χ1v) is 8.28. The monoisotopic (exact) mass is 304 g/mol. The van der Waals surface area contributed by atoms with Gasteiger partial charge in [-0.15, -0.1) is 0 Å². The molecule has 0 spiro atoms. The molecule has 21 heavy (non-hydrogen) atoms. The van der Waals surface area contributed by atoms with Crippen LogP contribution in [-0.4, -0.2) is 39.1 Å². The van der Waals surface area contributed by atoms with Crippen LogP contribution in [0.5, 0.6) is 0 Å². The van der Waals surface area contributed by atoms with E-state index in [1.165, 1.54) is 0 Å². The number of aryl methyl sites for hydroxylation is 1. The number of H-pyrrole nitrogens is 1. The second-order valence-corrected chi connectivity index (χ2v) is 5.97. The average Bonchev–Trinajstić information content (AvgIpc) is 2.92. The van der Waals surface area contributed by atoms with Crippen LogP contribution in [-0.2, 0) is 0 Å². The summed E-state index contributed by atoms with van der Waals surface area (Å²) in [6.45, 7) is 3.87. The van der Waals surface area contributed by atoms with Crippen LogP contribution in [0.15, 0.2) is 24.3 Å². The van der Waals surface area contributed by atoms with Gasteiger partial charge < -0.3 is 5.32 Å². The number of benzene rings is 1. The molecule has 2 aromatic rings. The fourth-order valence-corrected chi connectivity index (χ4v) is 2.53. The Balaban J connectivity index is 2.08. The van der Waals surface area contributed by atoms with Gasteiger partial charge in [-0.25, -0.2) is 4.98 Å². The van der Waals surface area contributed by atoms with Crippen molar-refractivity contribution in [3.8, 4) is 11.4 Å². The second kappa shape index (κ2) is 7.26. The first-order chi connectivity index (χ1) is 10.1. The van der Waals surface area contributed by atoms with E-state index in [2.05, 4.69) is 26.8 Å². The van der Waals surface area contributed by atoms with Crippen molar-refractivity contribution in [2.75, 3.05) is 12.0 Å². The number of aromatic amines is 1. The molecule has 0 radical (unpaired) electrons. The zero-order valence-electron chi connectivity index (χ0n) is 12.5. The number of nitrogens with zero attached hydrogens (tertiary/aromatic N) is 2. The van der Waals surface area contributed by atoms with E-state index in [9.17, 15) is 4.79 Å². The molecule has 2 rings (SSSR count). The Kier molecular flexibility index (Phi) is 5.38. The van der Waals surface area contributed by atoms with E-state index in [0.717, 1.165) is 23.6 Å². The van der Waals surface area contributed by atoms with Crippen LogP contribution < -0.4 is 5.32 Å². The van der Waals surface area contributed by atoms with Crippen molar-refractivity contribution in [1.82, 2.24) is 20.5 Å². The Labute approximate surface area is 128 Å². The molecule has 0 fully saturated rings. The summed E-state index contributed by atoms with van der Waals surface area (Å²) in [6.07, 6.45) is 3.03. The maximum absolute atomic E-state index is 12.2. The van der Waals surface area contributed by atoms with Gasteiger partial charge >= 0.3 is 0 Å². The van der Waals surface area contributed by atoms with E-state index >= 15 is 0 Å². The number of rotatable bonds is 6. The molecule has 2 N–H and O–H groups in total. The minimum atomic E-state index is -0.0577. The first-order valence-electron chi connectivity index (χ1n) is 6.89. The van der Waals surface area contributed by atoms with E-state index in [1.54, 1.807) is 17.8 Å². The summed E-state index contributed by atoms with van der Waals surface area (Å²) in [6, 6.07) is 7.54. The van der Waals surface area contributed by atoms with Crippen molar-refractivity contribution < 1.29 is 4.79 Å². The van der Waals surface area contributed by atoms with Gasteiger partial charge in [0.2, 0.25) is 0 Å². The van der Waals surface area contributed by atoms with Crippen molar-refractivity contribution in [3.05, 3.63) is 35.7 Å². The first kappa shape index (κ1) is 15.6. The van der Waals surface area contributed by atoms with Crippen LogP contribution in [0.25, 0.3) is 11.4 Å². The molecule has 0 aliphatic carbocycles. The standard InChI is InChI=1S/C15H20N4OS/c1-10(7-8-21-3)16-15(20)13-6-4-5-12(9-13)14-17-11(2)18-19-14/h4-6,9-10H,7-8H2,1-3H3,(H,16,20)(H,17,18,19). The Hall–Kier alpha value is -1.82. The van der Waals surface area contributed by atoms with Crippen molar-refractivity contribution in [2.24, 2.45) is 0 Å². The van der Waals surface area contributed by atoms with Crippen LogP contribution in [0, 0.1) is 6.92 Å². The highest BCUT2D eigenvalue weighted by Gasteiger charge is 2.11. The smallest absolute Gasteiger partial charge is 0.251 e. The van der Waals surface area contributed by atoms with E-state index in [0.29, 0.717) is 11.4 Å². The second-order valence-electron chi connectivity index (χ2n) is 4.98. The molecule has 1 atom stereocenters. The minimum Gasteiger partial charge on any atom is -0.350 e. The third-order valence-electron chi connectivity index (χ3n) is 3.11. The van der Waals surface area contributed by atoms with Gasteiger partial charge in [-0.2, -0.15) is 16.9 Å². The number of hydrogen-bond acceptors (Lipinski definition) is 4. The van der Waals surface area contributed by atoms with Crippen molar-refractivity contribution in [3.63, 3.8) is 0 Å². The lowest BCUT2D eigenvalue weighted by molar-refractivity contribution is 0.0939. The number of aromatic nitrogens is 3. The summed E-state index contributed by atoms with van der Waals surface area (Å²) in [7, 11) is 0. The van der Waals surface area contributed by atoms with Gasteiger partial charge in [-0.05, 0) is 44.4 Å². The summed E-state index contributed by atoms with van der Waals surface area (Å²) in [4.78, 5) is 16.5. The quantitative estimate of drug-likeness (QED) is 0.860. The zero-order chi connectivity index (χ0) is 15.2. The molecule has 5 nitrogen and oxygen atoms in total. The van der Waals surface area contributed by atoms with E-state index in [4.69, 9.17) is 0 Å². The molecule has 0 bridgehead atoms. The Morgan fingerprint density at radius 3 is 2.95 bits per heavy atom. The molecule has 0 aliphatic heterocycles. The maximum Gasteiger partial charge on any atom is 0.251 e. The van der Waals surface area contributed by atoms with Gasteiger partial charge in [0.15, 0.2) is 5.82 Å². The van der Waals surface area contributed by atoms with Gasteiger partial charge in [-0.3, -0.25) is 9.89 Å². The summed E-state index contributed by atoms with van der Waals surface area (Å²) in [5.41, 5.74) is 1.47. The predicted molar refractivity (Wildman–Crippen MR) is 86.5 cm³/mol. The molecule has 0 saturated heterocycles. The number of amides is 1. The van der Waals surface area contributed by atoms with Crippen molar-refractivity contribution >= 4 is 17.7 Å². The minimum absolute atomic E-state index is 0.0577. The highest BCUT2D eigenvalue weighted by molar-refractivity contribution is 7.98. The van der Waals surface area contributed by atoms with Gasteiger partial charge in [0.05, 0.1) is 0 Å². The lowest BCUT2D eigenvalue weighted by atomic mass is 10.1. The van der Waals surface area contributed by atoms with E-state index in [1.807, 2.05) is 32.0 Å². The topological polar surface area (TPSA) is 70.7 Å².